The maximum atomic E-state index is 13.2. The molecule has 0 unspecified atom stereocenters. The predicted octanol–water partition coefficient (Wildman–Crippen LogP) is 6.11. The molecule has 1 aromatic heterocycles. The van der Waals surface area contributed by atoms with Gasteiger partial charge in [0.25, 0.3) is 0 Å². The van der Waals surface area contributed by atoms with Crippen molar-refractivity contribution in [2.75, 3.05) is 6.26 Å². The van der Waals surface area contributed by atoms with Crippen LogP contribution in [-0.4, -0.2) is 16.0 Å². The number of benzene rings is 1. The summed E-state index contributed by atoms with van der Waals surface area (Å²) >= 11 is 8.12. The van der Waals surface area contributed by atoms with Crippen molar-refractivity contribution in [2.24, 2.45) is 5.92 Å². The van der Waals surface area contributed by atoms with Crippen LogP contribution in [0.25, 0.3) is 5.70 Å². The molecule has 2 nitrogen and oxygen atoms in total. The van der Waals surface area contributed by atoms with Crippen molar-refractivity contribution in [3.63, 3.8) is 0 Å². The molecule has 2 rings (SSSR count). The van der Waals surface area contributed by atoms with Crippen LogP contribution in [0.5, 0.6) is 0 Å². The predicted molar refractivity (Wildman–Crippen MR) is 110 cm³/mol. The van der Waals surface area contributed by atoms with Crippen molar-refractivity contribution in [3.8, 4) is 11.8 Å². The second-order valence-electron chi connectivity index (χ2n) is 5.98. The first-order valence-electron chi connectivity index (χ1n) is 8.33. The number of aromatic nitrogens is 2. The number of nitrogens with zero attached hydrogens (tertiary/aromatic N) is 2. The number of allylic oxidation sites excluding steroid dienone is 4. The number of alkyl halides is 1. The van der Waals surface area contributed by atoms with Gasteiger partial charge in [0.1, 0.15) is 12.4 Å². The van der Waals surface area contributed by atoms with Crippen molar-refractivity contribution in [2.45, 2.75) is 32.3 Å². The fraction of sp³-hybridized carbons (Fsp3) is 0.286. The van der Waals surface area contributed by atoms with E-state index in [9.17, 15) is 4.39 Å². The third kappa shape index (κ3) is 5.27. The summed E-state index contributed by atoms with van der Waals surface area (Å²) in [6.45, 7) is 5.32. The summed E-state index contributed by atoms with van der Waals surface area (Å²) in [5.74, 6) is 6.50. The first kappa shape index (κ1) is 20.4. The lowest BCUT2D eigenvalue weighted by Gasteiger charge is -2.09. The van der Waals surface area contributed by atoms with Gasteiger partial charge in [-0.3, -0.25) is 0 Å². The van der Waals surface area contributed by atoms with E-state index in [0.717, 1.165) is 5.56 Å². The highest BCUT2D eigenvalue weighted by Gasteiger charge is 2.13. The van der Waals surface area contributed by atoms with Gasteiger partial charge in [-0.1, -0.05) is 43.5 Å². The molecule has 26 heavy (non-hydrogen) atoms. The van der Waals surface area contributed by atoms with E-state index in [-0.39, 0.29) is 5.92 Å². The SMILES string of the molecule is C/C=C(\C(Cl)=C/C(C)C)n1nc(CF)cc1C#Cc1ccc(SC)cc1. The number of hydrogen-bond acceptors (Lipinski definition) is 2. The second-order valence-corrected chi connectivity index (χ2v) is 7.26. The number of halogens is 2. The van der Waals surface area contributed by atoms with Crippen LogP contribution >= 0.6 is 23.4 Å². The zero-order valence-corrected chi connectivity index (χ0v) is 17.0. The van der Waals surface area contributed by atoms with E-state index in [0.29, 0.717) is 22.1 Å². The van der Waals surface area contributed by atoms with Crippen LogP contribution < -0.4 is 0 Å². The van der Waals surface area contributed by atoms with Gasteiger partial charge < -0.3 is 0 Å². The average Bonchev–Trinajstić information content (AvgIpc) is 3.03. The Hall–Kier alpha value is -1.96. The van der Waals surface area contributed by atoms with Gasteiger partial charge in [-0.05, 0) is 55.3 Å². The Morgan fingerprint density at radius 1 is 1.31 bits per heavy atom. The molecule has 0 saturated heterocycles. The third-order valence-electron chi connectivity index (χ3n) is 3.55. The maximum Gasteiger partial charge on any atom is 0.133 e. The highest BCUT2D eigenvalue weighted by atomic mass is 35.5. The lowest BCUT2D eigenvalue weighted by molar-refractivity contribution is 0.473. The van der Waals surface area contributed by atoms with E-state index < -0.39 is 6.67 Å². The minimum Gasteiger partial charge on any atom is -0.244 e. The molecule has 0 aliphatic heterocycles. The van der Waals surface area contributed by atoms with E-state index in [1.807, 2.05) is 63.4 Å². The molecular weight excluding hydrogens is 367 g/mol. The molecule has 0 saturated carbocycles. The van der Waals surface area contributed by atoms with Crippen LogP contribution in [-0.2, 0) is 6.67 Å². The van der Waals surface area contributed by atoms with Crippen LogP contribution in [0.3, 0.4) is 0 Å². The summed E-state index contributed by atoms with van der Waals surface area (Å²) in [6.07, 6.45) is 5.82. The molecule has 2 aromatic rings. The van der Waals surface area contributed by atoms with Crippen molar-refractivity contribution >= 4 is 29.1 Å². The zero-order chi connectivity index (χ0) is 19.1. The van der Waals surface area contributed by atoms with Crippen LogP contribution in [0, 0.1) is 17.8 Å². The molecule has 5 heteroatoms. The molecule has 0 atom stereocenters. The van der Waals surface area contributed by atoms with Crippen LogP contribution in [0.1, 0.15) is 37.7 Å². The summed E-state index contributed by atoms with van der Waals surface area (Å²) in [4.78, 5) is 1.18. The molecular formula is C21H22ClFN2S. The molecule has 0 aliphatic carbocycles. The monoisotopic (exact) mass is 388 g/mol. The lowest BCUT2D eigenvalue weighted by Crippen LogP contribution is -2.03. The zero-order valence-electron chi connectivity index (χ0n) is 15.4. The van der Waals surface area contributed by atoms with Crippen LogP contribution in [0.15, 0.2) is 52.4 Å². The maximum absolute atomic E-state index is 13.2. The first-order chi connectivity index (χ1) is 12.5. The lowest BCUT2D eigenvalue weighted by atomic mass is 10.2. The quantitative estimate of drug-likeness (QED) is 0.349. The van der Waals surface area contributed by atoms with Crippen molar-refractivity contribution < 1.29 is 4.39 Å². The van der Waals surface area contributed by atoms with Gasteiger partial charge in [0.2, 0.25) is 0 Å². The molecule has 0 amide bonds. The molecule has 1 aromatic carbocycles. The Balaban J connectivity index is 2.44. The fourth-order valence-electron chi connectivity index (χ4n) is 2.32. The number of hydrogen-bond donors (Lipinski definition) is 0. The number of thioether (sulfide) groups is 1. The van der Waals surface area contributed by atoms with Crippen molar-refractivity contribution in [3.05, 3.63) is 64.5 Å². The van der Waals surface area contributed by atoms with E-state index >= 15 is 0 Å². The minimum atomic E-state index is -0.646. The highest BCUT2D eigenvalue weighted by molar-refractivity contribution is 7.98. The summed E-state index contributed by atoms with van der Waals surface area (Å²) in [5.41, 5.74) is 2.53. The molecule has 0 N–H and O–H groups in total. The smallest absolute Gasteiger partial charge is 0.133 e. The van der Waals surface area contributed by atoms with Gasteiger partial charge in [-0.25, -0.2) is 9.07 Å². The van der Waals surface area contributed by atoms with Gasteiger partial charge >= 0.3 is 0 Å². The Morgan fingerprint density at radius 2 is 2.00 bits per heavy atom. The average molecular weight is 389 g/mol. The number of rotatable bonds is 5. The Morgan fingerprint density at radius 3 is 2.54 bits per heavy atom. The Kier molecular flexibility index (Phi) is 7.56. The first-order valence-corrected chi connectivity index (χ1v) is 9.94. The third-order valence-corrected chi connectivity index (χ3v) is 4.61. The van der Waals surface area contributed by atoms with Crippen molar-refractivity contribution in [1.29, 1.82) is 0 Å². The summed E-state index contributed by atoms with van der Waals surface area (Å²) in [7, 11) is 0. The molecule has 0 spiro atoms. The Bertz CT molecular complexity index is 868. The van der Waals surface area contributed by atoms with Crippen LogP contribution in [0.4, 0.5) is 4.39 Å². The van der Waals surface area contributed by atoms with Gasteiger partial charge in [-0.2, -0.15) is 5.10 Å². The fourth-order valence-corrected chi connectivity index (χ4v) is 3.17. The van der Waals surface area contributed by atoms with Gasteiger partial charge in [0.05, 0.1) is 16.4 Å². The largest absolute Gasteiger partial charge is 0.244 e. The van der Waals surface area contributed by atoms with E-state index in [1.54, 1.807) is 22.5 Å². The standard InChI is InChI=1S/C21H22ClFN2S/c1-5-21(20(22)12-15(2)3)25-18(13-17(14-23)24-25)9-6-16-7-10-19(26-4)11-8-16/h5,7-8,10-13,15H,14H2,1-4H3/b20-12+,21-5+. The summed E-state index contributed by atoms with van der Waals surface area (Å²) < 4.78 is 14.8. The molecule has 0 aliphatic rings. The summed E-state index contributed by atoms with van der Waals surface area (Å²) in [6, 6.07) is 9.65. The van der Waals surface area contributed by atoms with E-state index in [1.165, 1.54) is 4.90 Å². The van der Waals surface area contributed by atoms with Gasteiger partial charge in [0, 0.05) is 10.5 Å². The van der Waals surface area contributed by atoms with Crippen LogP contribution in [0.2, 0.25) is 0 Å². The highest BCUT2D eigenvalue weighted by Crippen LogP contribution is 2.24. The minimum absolute atomic E-state index is 0.290. The second kappa shape index (κ2) is 9.66. The van der Waals surface area contributed by atoms with Gasteiger partial charge in [-0.15, -0.1) is 11.8 Å². The van der Waals surface area contributed by atoms with Crippen molar-refractivity contribution in [1.82, 2.24) is 9.78 Å². The van der Waals surface area contributed by atoms with E-state index in [4.69, 9.17) is 11.6 Å². The topological polar surface area (TPSA) is 17.8 Å². The van der Waals surface area contributed by atoms with E-state index in [2.05, 4.69) is 16.9 Å². The molecule has 0 fully saturated rings. The molecule has 1 heterocycles. The Labute approximate surface area is 164 Å². The molecule has 136 valence electrons. The van der Waals surface area contributed by atoms with Gasteiger partial charge in [0.15, 0.2) is 0 Å². The molecule has 0 radical (unpaired) electrons. The summed E-state index contributed by atoms with van der Waals surface area (Å²) in [5, 5.41) is 4.88. The molecule has 0 bridgehead atoms. The normalized spacial score (nSPS) is 12.3.